The van der Waals surface area contributed by atoms with Crippen LogP contribution in [0.25, 0.3) is 11.3 Å². The molecule has 1 heterocycles. The molecule has 3 nitrogen and oxygen atoms in total. The number of halogens is 2. The van der Waals surface area contributed by atoms with Gasteiger partial charge in [-0.05, 0) is 0 Å². The molecule has 0 radical (unpaired) electrons. The van der Waals surface area contributed by atoms with Crippen molar-refractivity contribution in [3.8, 4) is 17.0 Å². The van der Waals surface area contributed by atoms with Crippen LogP contribution in [0.1, 0.15) is 0 Å². The molecule has 0 fully saturated rings. The fourth-order valence-corrected chi connectivity index (χ4v) is 1.59. The first kappa shape index (κ1) is 10.4. The Morgan fingerprint density at radius 3 is 2.53 bits per heavy atom. The summed E-state index contributed by atoms with van der Waals surface area (Å²) in [5.41, 5.74) is 1.58. The summed E-state index contributed by atoms with van der Waals surface area (Å²) in [7, 11) is 0. The number of nitrogens with zero attached hydrogens (tertiary/aromatic N) is 2. The normalized spacial score (nSPS) is 10.0. The van der Waals surface area contributed by atoms with E-state index < -0.39 is 0 Å². The fraction of sp³-hybridized carbons (Fsp3) is 0. The summed E-state index contributed by atoms with van der Waals surface area (Å²) in [5, 5.41) is 8.06. The molecule has 2 rings (SSSR count). The summed E-state index contributed by atoms with van der Waals surface area (Å²) < 4.78 is 5.01. The lowest BCUT2D eigenvalue weighted by atomic mass is 10.1. The van der Waals surface area contributed by atoms with Crippen molar-refractivity contribution in [1.82, 2.24) is 10.2 Å². The molecule has 1 aromatic carbocycles. The van der Waals surface area contributed by atoms with Crippen LogP contribution < -0.4 is 3.83 Å². The minimum atomic E-state index is 0.295. The zero-order chi connectivity index (χ0) is 10.7. The average Bonchev–Trinajstić information content (AvgIpc) is 2.30. The summed E-state index contributed by atoms with van der Waals surface area (Å²) >= 11 is 8.62. The van der Waals surface area contributed by atoms with E-state index in [1.165, 1.54) is 0 Å². The largest absolute Gasteiger partial charge is 0.415 e. The van der Waals surface area contributed by atoms with E-state index in [-0.39, 0.29) is 0 Å². The highest BCUT2D eigenvalue weighted by atomic mass is 79.9. The van der Waals surface area contributed by atoms with Crippen molar-refractivity contribution in [3.63, 3.8) is 0 Å². The van der Waals surface area contributed by atoms with Gasteiger partial charge in [0, 0.05) is 11.6 Å². The maximum Gasteiger partial charge on any atom is 0.179 e. The summed E-state index contributed by atoms with van der Waals surface area (Å²) in [5.74, 6) is 0.543. The number of benzene rings is 1. The number of hydrogen-bond acceptors (Lipinski definition) is 3. The second-order valence-electron chi connectivity index (χ2n) is 2.82. The number of aromatic nitrogens is 2. The Morgan fingerprint density at radius 2 is 1.87 bits per heavy atom. The van der Waals surface area contributed by atoms with E-state index in [9.17, 15) is 0 Å². The second-order valence-corrected chi connectivity index (χ2v) is 3.53. The molecule has 0 bridgehead atoms. The summed E-state index contributed by atoms with van der Waals surface area (Å²) in [6, 6.07) is 11.2. The Bertz CT molecular complexity index is 464. The molecule has 0 saturated carbocycles. The minimum Gasteiger partial charge on any atom is -0.415 e. The van der Waals surface area contributed by atoms with Gasteiger partial charge in [0.05, 0.1) is 0 Å². The first-order valence-corrected chi connectivity index (χ1v) is 5.21. The minimum absolute atomic E-state index is 0.295. The van der Waals surface area contributed by atoms with Crippen molar-refractivity contribution in [1.29, 1.82) is 0 Å². The Hall–Kier alpha value is -1.13. The maximum absolute atomic E-state index is 5.71. The van der Waals surface area contributed by atoms with Crippen molar-refractivity contribution >= 4 is 27.9 Å². The lowest BCUT2D eigenvalue weighted by Gasteiger charge is -2.04. The molecule has 76 valence electrons. The van der Waals surface area contributed by atoms with Crippen LogP contribution in [0.3, 0.4) is 0 Å². The van der Waals surface area contributed by atoms with Crippen LogP contribution in [0, 0.1) is 0 Å². The van der Waals surface area contributed by atoms with E-state index in [2.05, 4.69) is 26.5 Å². The van der Waals surface area contributed by atoms with Gasteiger partial charge in [-0.1, -0.05) is 41.9 Å². The van der Waals surface area contributed by atoms with Crippen molar-refractivity contribution in [2.75, 3.05) is 0 Å². The molecule has 0 atom stereocenters. The highest BCUT2D eigenvalue weighted by molar-refractivity contribution is 9.06. The Kier molecular flexibility index (Phi) is 3.18. The topological polar surface area (TPSA) is 35.0 Å². The van der Waals surface area contributed by atoms with Crippen LogP contribution in [0.15, 0.2) is 36.4 Å². The predicted octanol–water partition coefficient (Wildman–Crippen LogP) is 3.49. The molecule has 0 saturated heterocycles. The average molecular weight is 286 g/mol. The standard InChI is InChI=1S/C10H6BrClN2O/c11-15-8-6-9(12)13-14-10(8)7-4-2-1-3-5-7/h1-6H. The Morgan fingerprint density at radius 1 is 1.13 bits per heavy atom. The van der Waals surface area contributed by atoms with Gasteiger partial charge in [0.1, 0.15) is 5.69 Å². The van der Waals surface area contributed by atoms with Crippen LogP contribution >= 0.6 is 27.9 Å². The molecule has 0 amide bonds. The fourth-order valence-electron chi connectivity index (χ4n) is 1.21. The van der Waals surface area contributed by atoms with Gasteiger partial charge in [0.2, 0.25) is 0 Å². The number of rotatable bonds is 2. The first-order valence-electron chi connectivity index (χ1n) is 4.18. The molecule has 0 spiro atoms. The van der Waals surface area contributed by atoms with E-state index in [0.717, 1.165) is 5.56 Å². The van der Waals surface area contributed by atoms with Gasteiger partial charge in [-0.3, -0.25) is 0 Å². The number of hydrogen-bond donors (Lipinski definition) is 0. The van der Waals surface area contributed by atoms with Crippen molar-refractivity contribution < 1.29 is 3.83 Å². The molecule has 0 N–H and O–H groups in total. The van der Waals surface area contributed by atoms with Crippen LogP contribution in [-0.2, 0) is 0 Å². The van der Waals surface area contributed by atoms with Gasteiger partial charge in [-0.15, -0.1) is 10.2 Å². The zero-order valence-corrected chi connectivity index (χ0v) is 9.86. The lowest BCUT2D eigenvalue weighted by Crippen LogP contribution is -1.91. The van der Waals surface area contributed by atoms with Crippen LogP contribution in [0.4, 0.5) is 0 Å². The molecular weight excluding hydrogens is 279 g/mol. The highest BCUT2D eigenvalue weighted by Crippen LogP contribution is 2.29. The summed E-state index contributed by atoms with van der Waals surface area (Å²) in [6.07, 6.45) is 0. The van der Waals surface area contributed by atoms with Crippen LogP contribution in [0.5, 0.6) is 5.75 Å². The highest BCUT2D eigenvalue weighted by Gasteiger charge is 2.09. The third-order valence-corrected chi connectivity index (χ3v) is 2.39. The summed E-state index contributed by atoms with van der Waals surface area (Å²) in [4.78, 5) is 0. The molecular formula is C10H6BrClN2O. The smallest absolute Gasteiger partial charge is 0.179 e. The van der Waals surface area contributed by atoms with Gasteiger partial charge in [-0.25, -0.2) is 0 Å². The molecule has 5 heteroatoms. The van der Waals surface area contributed by atoms with E-state index in [1.807, 2.05) is 30.3 Å². The Labute approximate surface area is 101 Å². The van der Waals surface area contributed by atoms with Crippen molar-refractivity contribution in [3.05, 3.63) is 41.6 Å². The van der Waals surface area contributed by atoms with Gasteiger partial charge >= 0.3 is 0 Å². The molecule has 0 unspecified atom stereocenters. The van der Waals surface area contributed by atoms with Crippen LogP contribution in [-0.4, -0.2) is 10.2 Å². The summed E-state index contributed by atoms with van der Waals surface area (Å²) in [6.45, 7) is 0. The molecule has 15 heavy (non-hydrogen) atoms. The van der Waals surface area contributed by atoms with E-state index in [0.29, 0.717) is 16.6 Å². The Balaban J connectivity index is 2.53. The van der Waals surface area contributed by atoms with E-state index in [1.54, 1.807) is 6.07 Å². The van der Waals surface area contributed by atoms with Gasteiger partial charge in [0.15, 0.2) is 27.2 Å². The zero-order valence-electron chi connectivity index (χ0n) is 7.52. The molecule has 1 aromatic heterocycles. The van der Waals surface area contributed by atoms with Crippen molar-refractivity contribution in [2.45, 2.75) is 0 Å². The maximum atomic E-state index is 5.71. The lowest BCUT2D eigenvalue weighted by molar-refractivity contribution is 0.671. The van der Waals surface area contributed by atoms with Gasteiger partial charge < -0.3 is 3.83 Å². The van der Waals surface area contributed by atoms with Crippen LogP contribution in [0.2, 0.25) is 5.15 Å². The molecule has 0 aliphatic heterocycles. The second kappa shape index (κ2) is 4.59. The monoisotopic (exact) mass is 284 g/mol. The molecule has 0 aliphatic carbocycles. The molecule has 2 aromatic rings. The predicted molar refractivity (Wildman–Crippen MR) is 62.0 cm³/mol. The third-order valence-electron chi connectivity index (χ3n) is 1.86. The van der Waals surface area contributed by atoms with Gasteiger partial charge in [0.25, 0.3) is 0 Å². The molecule has 0 aliphatic rings. The first-order chi connectivity index (χ1) is 7.31. The van der Waals surface area contributed by atoms with Crippen molar-refractivity contribution in [2.24, 2.45) is 0 Å². The van der Waals surface area contributed by atoms with E-state index >= 15 is 0 Å². The SMILES string of the molecule is Clc1cc(OBr)c(-c2ccccc2)nn1. The van der Waals surface area contributed by atoms with Gasteiger partial charge in [-0.2, -0.15) is 0 Å². The third kappa shape index (κ3) is 2.27. The quantitative estimate of drug-likeness (QED) is 0.847. The van der Waals surface area contributed by atoms with E-state index in [4.69, 9.17) is 15.4 Å².